The van der Waals surface area contributed by atoms with Crippen LogP contribution in [-0.4, -0.2) is 37.9 Å². The molecule has 23 heavy (non-hydrogen) atoms. The maximum atomic E-state index is 11.8. The summed E-state index contributed by atoms with van der Waals surface area (Å²) in [7, 11) is 3.98. The van der Waals surface area contributed by atoms with Crippen LogP contribution in [0.25, 0.3) is 0 Å². The molecule has 6 nitrogen and oxygen atoms in total. The number of hydrogen-bond acceptors (Lipinski definition) is 7. The van der Waals surface area contributed by atoms with Crippen molar-refractivity contribution in [2.45, 2.75) is 13.8 Å². The van der Waals surface area contributed by atoms with E-state index in [0.29, 0.717) is 22.3 Å². The molecule has 1 N–H and O–H groups in total. The lowest BCUT2D eigenvalue weighted by Gasteiger charge is -2.12. The molecule has 1 heterocycles. The highest BCUT2D eigenvalue weighted by Gasteiger charge is 2.15. The van der Waals surface area contributed by atoms with Gasteiger partial charge in [0.05, 0.1) is 18.5 Å². The molecule has 7 heteroatoms. The minimum Gasteiger partial charge on any atom is -0.462 e. The standard InChI is InChI=1S/C16H20N4O2S/c1-5-22-15(21)14-11(2)18-16(23-14)19-17-10-12-7-6-8-13(9-12)20(3)4/h6-10H,5H2,1-4H3,(H,18,19)/b17-10+. The van der Waals surface area contributed by atoms with E-state index in [1.165, 1.54) is 11.3 Å². The number of hydrogen-bond donors (Lipinski definition) is 1. The summed E-state index contributed by atoms with van der Waals surface area (Å²) in [6, 6.07) is 8.00. The second kappa shape index (κ2) is 7.73. The first-order valence-electron chi connectivity index (χ1n) is 7.22. The van der Waals surface area contributed by atoms with E-state index in [4.69, 9.17) is 4.74 Å². The number of anilines is 2. The molecule has 0 aliphatic carbocycles. The van der Waals surface area contributed by atoms with Gasteiger partial charge in [-0.3, -0.25) is 5.43 Å². The fraction of sp³-hybridized carbons (Fsp3) is 0.312. The van der Waals surface area contributed by atoms with Gasteiger partial charge in [-0.05, 0) is 31.5 Å². The highest BCUT2D eigenvalue weighted by molar-refractivity contribution is 7.17. The Bertz CT molecular complexity index is 710. The van der Waals surface area contributed by atoms with E-state index >= 15 is 0 Å². The summed E-state index contributed by atoms with van der Waals surface area (Å²) in [5, 5.41) is 4.74. The van der Waals surface area contributed by atoms with Gasteiger partial charge in [0.1, 0.15) is 4.88 Å². The summed E-state index contributed by atoms with van der Waals surface area (Å²) in [6.07, 6.45) is 1.72. The molecule has 0 saturated carbocycles. The van der Waals surface area contributed by atoms with Crippen LogP contribution in [0.4, 0.5) is 10.8 Å². The first-order chi connectivity index (χ1) is 11.0. The highest BCUT2D eigenvalue weighted by atomic mass is 32.1. The molecule has 0 aliphatic heterocycles. The first kappa shape index (κ1) is 17.0. The van der Waals surface area contributed by atoms with Crippen LogP contribution in [0.2, 0.25) is 0 Å². The minimum atomic E-state index is -0.349. The van der Waals surface area contributed by atoms with Crippen molar-refractivity contribution in [3.8, 4) is 0 Å². The zero-order valence-corrected chi connectivity index (χ0v) is 14.5. The van der Waals surface area contributed by atoms with Crippen LogP contribution in [0, 0.1) is 6.92 Å². The molecule has 2 rings (SSSR count). The quantitative estimate of drug-likeness (QED) is 0.500. The van der Waals surface area contributed by atoms with E-state index in [2.05, 4.69) is 15.5 Å². The van der Waals surface area contributed by atoms with Gasteiger partial charge in [0.15, 0.2) is 0 Å². The molecule has 0 atom stereocenters. The van der Waals surface area contributed by atoms with Gasteiger partial charge in [-0.15, -0.1) is 0 Å². The molecule has 0 saturated heterocycles. The zero-order valence-electron chi connectivity index (χ0n) is 13.7. The van der Waals surface area contributed by atoms with E-state index in [0.717, 1.165) is 11.3 Å². The SMILES string of the molecule is CCOC(=O)c1sc(N/N=C/c2cccc(N(C)C)c2)nc1C. The number of benzene rings is 1. The van der Waals surface area contributed by atoms with Crippen LogP contribution >= 0.6 is 11.3 Å². The van der Waals surface area contributed by atoms with E-state index in [1.54, 1.807) is 20.1 Å². The normalized spacial score (nSPS) is 10.8. The Labute approximate surface area is 139 Å². The largest absolute Gasteiger partial charge is 0.462 e. The summed E-state index contributed by atoms with van der Waals surface area (Å²) < 4.78 is 4.99. The number of rotatable bonds is 6. The van der Waals surface area contributed by atoms with Crippen molar-refractivity contribution in [3.05, 3.63) is 40.4 Å². The Morgan fingerprint density at radius 1 is 1.48 bits per heavy atom. The van der Waals surface area contributed by atoms with Crippen LogP contribution < -0.4 is 10.3 Å². The van der Waals surface area contributed by atoms with Crippen LogP contribution in [0.5, 0.6) is 0 Å². The molecule has 0 aliphatic rings. The second-order valence-corrected chi connectivity index (χ2v) is 6.01. The van der Waals surface area contributed by atoms with Crippen molar-refractivity contribution in [1.82, 2.24) is 4.98 Å². The van der Waals surface area contributed by atoms with E-state index in [9.17, 15) is 4.79 Å². The lowest BCUT2D eigenvalue weighted by molar-refractivity contribution is 0.0531. The number of ether oxygens (including phenoxy) is 1. The van der Waals surface area contributed by atoms with Gasteiger partial charge in [-0.25, -0.2) is 9.78 Å². The van der Waals surface area contributed by atoms with Crippen molar-refractivity contribution >= 4 is 34.3 Å². The molecule has 0 bridgehead atoms. The number of nitrogens with zero attached hydrogens (tertiary/aromatic N) is 3. The van der Waals surface area contributed by atoms with Gasteiger partial charge < -0.3 is 9.64 Å². The zero-order chi connectivity index (χ0) is 16.8. The number of carbonyl (C=O) groups excluding carboxylic acids is 1. The van der Waals surface area contributed by atoms with Crippen molar-refractivity contribution < 1.29 is 9.53 Å². The molecule has 2 aromatic rings. The topological polar surface area (TPSA) is 66.8 Å². The lowest BCUT2D eigenvalue weighted by Crippen LogP contribution is -2.08. The molecule has 122 valence electrons. The Balaban J connectivity index is 2.05. The van der Waals surface area contributed by atoms with Crippen molar-refractivity contribution in [2.24, 2.45) is 5.10 Å². The third-order valence-corrected chi connectivity index (χ3v) is 4.06. The van der Waals surface area contributed by atoms with Crippen molar-refractivity contribution in [3.63, 3.8) is 0 Å². The predicted molar refractivity (Wildman–Crippen MR) is 94.8 cm³/mol. The molecule has 1 aromatic carbocycles. The maximum Gasteiger partial charge on any atom is 0.350 e. The molecule has 0 fully saturated rings. The maximum absolute atomic E-state index is 11.8. The number of aryl methyl sites for hydroxylation is 1. The molecular weight excluding hydrogens is 312 g/mol. The number of nitrogens with one attached hydrogen (secondary N) is 1. The average Bonchev–Trinajstić information content (AvgIpc) is 2.89. The molecule has 0 spiro atoms. The van der Waals surface area contributed by atoms with Gasteiger partial charge >= 0.3 is 5.97 Å². The summed E-state index contributed by atoms with van der Waals surface area (Å²) in [5.74, 6) is -0.349. The summed E-state index contributed by atoms with van der Waals surface area (Å²) in [5.41, 5.74) is 5.57. The molecule has 0 radical (unpaired) electrons. The van der Waals surface area contributed by atoms with E-state index < -0.39 is 0 Å². The molecular formula is C16H20N4O2S. The number of carbonyl (C=O) groups is 1. The fourth-order valence-electron chi connectivity index (χ4n) is 1.88. The first-order valence-corrected chi connectivity index (χ1v) is 8.04. The van der Waals surface area contributed by atoms with Gasteiger partial charge in [0, 0.05) is 19.8 Å². The number of aromatic nitrogens is 1. The van der Waals surface area contributed by atoms with Gasteiger partial charge in [-0.2, -0.15) is 5.10 Å². The van der Waals surface area contributed by atoms with Gasteiger partial charge in [-0.1, -0.05) is 23.5 Å². The summed E-state index contributed by atoms with van der Waals surface area (Å²) >= 11 is 1.23. The van der Waals surface area contributed by atoms with Crippen molar-refractivity contribution in [2.75, 3.05) is 31.0 Å². The monoisotopic (exact) mass is 332 g/mol. The van der Waals surface area contributed by atoms with E-state index in [1.807, 2.05) is 43.3 Å². The summed E-state index contributed by atoms with van der Waals surface area (Å²) in [6.45, 7) is 3.90. The van der Waals surface area contributed by atoms with Gasteiger partial charge in [0.2, 0.25) is 5.13 Å². The third kappa shape index (κ3) is 4.53. The van der Waals surface area contributed by atoms with Crippen LogP contribution in [0.1, 0.15) is 27.9 Å². The fourth-order valence-corrected chi connectivity index (χ4v) is 2.69. The minimum absolute atomic E-state index is 0.347. The third-order valence-electron chi connectivity index (χ3n) is 3.02. The lowest BCUT2D eigenvalue weighted by atomic mass is 10.2. The van der Waals surface area contributed by atoms with Crippen molar-refractivity contribution in [1.29, 1.82) is 0 Å². The van der Waals surface area contributed by atoms with Crippen LogP contribution in [0.15, 0.2) is 29.4 Å². The van der Waals surface area contributed by atoms with E-state index in [-0.39, 0.29) is 5.97 Å². The van der Waals surface area contributed by atoms with Crippen LogP contribution in [-0.2, 0) is 4.74 Å². The highest BCUT2D eigenvalue weighted by Crippen LogP contribution is 2.23. The average molecular weight is 332 g/mol. The number of hydrazone groups is 1. The Morgan fingerprint density at radius 3 is 2.96 bits per heavy atom. The van der Waals surface area contributed by atoms with Gasteiger partial charge in [0.25, 0.3) is 0 Å². The predicted octanol–water partition coefficient (Wildman–Crippen LogP) is 3.14. The Kier molecular flexibility index (Phi) is 5.70. The summed E-state index contributed by atoms with van der Waals surface area (Å²) in [4.78, 5) is 18.6. The Morgan fingerprint density at radius 2 is 2.26 bits per heavy atom. The van der Waals surface area contributed by atoms with Crippen LogP contribution in [0.3, 0.4) is 0 Å². The molecule has 0 amide bonds. The molecule has 1 aromatic heterocycles. The Hall–Kier alpha value is -2.41. The molecule has 0 unspecified atom stereocenters. The number of esters is 1. The number of thiazole rings is 1. The second-order valence-electron chi connectivity index (χ2n) is 5.01. The smallest absolute Gasteiger partial charge is 0.350 e.